The Balaban J connectivity index is 1.43. The van der Waals surface area contributed by atoms with Gasteiger partial charge in [0.05, 0.1) is 5.69 Å². The van der Waals surface area contributed by atoms with E-state index in [4.69, 9.17) is 11.1 Å². The highest BCUT2D eigenvalue weighted by molar-refractivity contribution is 5.90. The standard InChI is InChI=1S/C24H27N5O/c1-17(27-24(30)28-21-6-3-2-4-7-21)16-20(25)15-12-18-10-13-19(14-11-18)22-8-5-9-23(26)29-22/h2-11,13-14,17,25H,12,15-16H2,1H3,(H2,26,29)(H2,27,28,30). The maximum absolute atomic E-state index is 12.0. The second-order valence-corrected chi connectivity index (χ2v) is 7.32. The number of amides is 2. The van der Waals surface area contributed by atoms with Gasteiger partial charge in [0.2, 0.25) is 0 Å². The monoisotopic (exact) mass is 401 g/mol. The van der Waals surface area contributed by atoms with Crippen LogP contribution in [0.1, 0.15) is 25.3 Å². The lowest BCUT2D eigenvalue weighted by Crippen LogP contribution is -2.37. The van der Waals surface area contributed by atoms with Crippen molar-refractivity contribution in [3.05, 3.63) is 78.4 Å². The molecule has 1 aromatic heterocycles. The van der Waals surface area contributed by atoms with Gasteiger partial charge in [0.1, 0.15) is 5.82 Å². The fourth-order valence-electron chi connectivity index (χ4n) is 3.18. The average Bonchev–Trinajstić information content (AvgIpc) is 2.73. The molecule has 0 bridgehead atoms. The minimum Gasteiger partial charge on any atom is -0.384 e. The third kappa shape index (κ3) is 6.44. The zero-order valence-corrected chi connectivity index (χ0v) is 17.1. The second-order valence-electron chi connectivity index (χ2n) is 7.32. The summed E-state index contributed by atoms with van der Waals surface area (Å²) in [5, 5.41) is 13.9. The van der Waals surface area contributed by atoms with Gasteiger partial charge in [0, 0.05) is 29.4 Å². The smallest absolute Gasteiger partial charge is 0.319 e. The molecule has 3 rings (SSSR count). The average molecular weight is 402 g/mol. The largest absolute Gasteiger partial charge is 0.384 e. The van der Waals surface area contributed by atoms with Crippen LogP contribution in [-0.4, -0.2) is 22.8 Å². The van der Waals surface area contributed by atoms with E-state index in [1.807, 2.05) is 61.5 Å². The number of rotatable bonds is 8. The van der Waals surface area contributed by atoms with Gasteiger partial charge in [-0.1, -0.05) is 48.5 Å². The number of hydrogen-bond donors (Lipinski definition) is 4. The number of benzene rings is 2. The van der Waals surface area contributed by atoms with Crippen LogP contribution in [0.4, 0.5) is 16.3 Å². The fourth-order valence-corrected chi connectivity index (χ4v) is 3.18. The van der Waals surface area contributed by atoms with Gasteiger partial charge in [0.15, 0.2) is 0 Å². The molecule has 6 nitrogen and oxygen atoms in total. The topological polar surface area (TPSA) is 104 Å². The van der Waals surface area contributed by atoms with Crippen molar-refractivity contribution < 1.29 is 4.79 Å². The van der Waals surface area contributed by atoms with E-state index in [2.05, 4.69) is 27.8 Å². The number of nitrogens with zero attached hydrogens (tertiary/aromatic N) is 1. The maximum Gasteiger partial charge on any atom is 0.319 e. The Kier molecular flexibility index (Phi) is 7.16. The van der Waals surface area contributed by atoms with Crippen molar-refractivity contribution in [2.75, 3.05) is 11.1 Å². The first-order chi connectivity index (χ1) is 14.5. The van der Waals surface area contributed by atoms with Gasteiger partial charge in [-0.15, -0.1) is 0 Å². The van der Waals surface area contributed by atoms with Crippen molar-refractivity contribution >= 4 is 23.2 Å². The summed E-state index contributed by atoms with van der Waals surface area (Å²) in [6.45, 7) is 1.91. The number of aryl methyl sites for hydroxylation is 1. The van der Waals surface area contributed by atoms with Crippen LogP contribution in [0, 0.1) is 5.41 Å². The molecule has 0 aliphatic heterocycles. The van der Waals surface area contributed by atoms with E-state index < -0.39 is 0 Å². The van der Waals surface area contributed by atoms with Gasteiger partial charge < -0.3 is 21.8 Å². The van der Waals surface area contributed by atoms with E-state index in [0.29, 0.717) is 24.4 Å². The highest BCUT2D eigenvalue weighted by Crippen LogP contribution is 2.19. The lowest BCUT2D eigenvalue weighted by Gasteiger charge is -2.15. The van der Waals surface area contributed by atoms with Crippen molar-refractivity contribution in [3.8, 4) is 11.3 Å². The van der Waals surface area contributed by atoms with Gasteiger partial charge in [-0.2, -0.15) is 0 Å². The van der Waals surface area contributed by atoms with Gasteiger partial charge in [0.25, 0.3) is 0 Å². The molecule has 1 heterocycles. The van der Waals surface area contributed by atoms with Crippen molar-refractivity contribution in [1.82, 2.24) is 10.3 Å². The second kappa shape index (κ2) is 10.2. The Morgan fingerprint density at radius 2 is 1.77 bits per heavy atom. The molecule has 0 aliphatic carbocycles. The van der Waals surface area contributed by atoms with Crippen LogP contribution in [-0.2, 0) is 6.42 Å². The van der Waals surface area contributed by atoms with Gasteiger partial charge in [-0.05, 0) is 49.6 Å². The molecule has 1 atom stereocenters. The summed E-state index contributed by atoms with van der Waals surface area (Å²) in [6, 6.07) is 22.7. The summed E-state index contributed by atoms with van der Waals surface area (Å²) in [5.41, 5.74) is 10.1. The zero-order valence-electron chi connectivity index (χ0n) is 17.1. The lowest BCUT2D eigenvalue weighted by molar-refractivity contribution is 0.249. The number of anilines is 2. The molecule has 2 amide bonds. The summed E-state index contributed by atoms with van der Waals surface area (Å²) >= 11 is 0. The van der Waals surface area contributed by atoms with E-state index in [-0.39, 0.29) is 12.1 Å². The molecule has 2 aromatic carbocycles. The number of nitrogen functional groups attached to an aromatic ring is 1. The number of carbonyl (C=O) groups excluding carboxylic acids is 1. The molecule has 0 saturated heterocycles. The van der Waals surface area contributed by atoms with Crippen LogP contribution in [0.5, 0.6) is 0 Å². The minimum absolute atomic E-state index is 0.113. The normalized spacial score (nSPS) is 11.5. The molecule has 154 valence electrons. The predicted octanol–water partition coefficient (Wildman–Crippen LogP) is 4.88. The number of hydrogen-bond acceptors (Lipinski definition) is 4. The SMILES string of the molecule is CC(CC(=N)CCc1ccc(-c2cccc(N)n2)cc1)NC(=O)Nc1ccccc1. The zero-order chi connectivity index (χ0) is 21.3. The lowest BCUT2D eigenvalue weighted by atomic mass is 10.0. The number of para-hydroxylation sites is 1. The molecule has 6 heteroatoms. The minimum atomic E-state index is -0.257. The molecular weight excluding hydrogens is 374 g/mol. The number of urea groups is 1. The number of aromatic nitrogens is 1. The molecule has 0 fully saturated rings. The van der Waals surface area contributed by atoms with E-state index in [9.17, 15) is 4.79 Å². The molecule has 30 heavy (non-hydrogen) atoms. The molecule has 0 aliphatic rings. The first kappa shape index (κ1) is 21.0. The van der Waals surface area contributed by atoms with Crippen molar-refractivity contribution in [3.63, 3.8) is 0 Å². The maximum atomic E-state index is 12.0. The van der Waals surface area contributed by atoms with Gasteiger partial charge in [-0.25, -0.2) is 9.78 Å². The number of nitrogens with one attached hydrogen (secondary N) is 3. The van der Waals surface area contributed by atoms with Crippen LogP contribution in [0.15, 0.2) is 72.8 Å². The highest BCUT2D eigenvalue weighted by Gasteiger charge is 2.10. The molecule has 0 spiro atoms. The van der Waals surface area contributed by atoms with Gasteiger partial charge >= 0.3 is 6.03 Å². The molecule has 5 N–H and O–H groups in total. The Morgan fingerprint density at radius 3 is 2.47 bits per heavy atom. The number of nitrogens with two attached hydrogens (primary N) is 1. The number of carbonyl (C=O) groups is 1. The first-order valence-electron chi connectivity index (χ1n) is 10.0. The molecule has 1 unspecified atom stereocenters. The Bertz CT molecular complexity index is 986. The van der Waals surface area contributed by atoms with Crippen LogP contribution < -0.4 is 16.4 Å². The van der Waals surface area contributed by atoms with Crippen molar-refractivity contribution in [2.45, 2.75) is 32.2 Å². The van der Waals surface area contributed by atoms with E-state index in [1.54, 1.807) is 6.07 Å². The molecule has 3 aromatic rings. The Labute approximate surface area is 177 Å². The predicted molar refractivity (Wildman–Crippen MR) is 123 cm³/mol. The van der Waals surface area contributed by atoms with E-state index in [1.165, 1.54) is 0 Å². The summed E-state index contributed by atoms with van der Waals surface area (Å²) in [5.74, 6) is 0.505. The van der Waals surface area contributed by atoms with Crippen LogP contribution in [0.25, 0.3) is 11.3 Å². The van der Waals surface area contributed by atoms with E-state index in [0.717, 1.165) is 28.9 Å². The quantitative estimate of drug-likeness (QED) is 0.404. The summed E-state index contributed by atoms with van der Waals surface area (Å²) in [7, 11) is 0. The van der Waals surface area contributed by atoms with Crippen LogP contribution in [0.2, 0.25) is 0 Å². The third-order valence-corrected chi connectivity index (χ3v) is 4.70. The van der Waals surface area contributed by atoms with E-state index >= 15 is 0 Å². The first-order valence-corrected chi connectivity index (χ1v) is 10.0. The molecule has 0 saturated carbocycles. The van der Waals surface area contributed by atoms with Crippen LogP contribution >= 0.6 is 0 Å². The highest BCUT2D eigenvalue weighted by atomic mass is 16.2. The third-order valence-electron chi connectivity index (χ3n) is 4.70. The van der Waals surface area contributed by atoms with Crippen molar-refractivity contribution in [1.29, 1.82) is 5.41 Å². The molecular formula is C24H27N5O. The summed E-state index contributed by atoms with van der Waals surface area (Å²) in [6.07, 6.45) is 1.96. The Hall–Kier alpha value is -3.67. The summed E-state index contributed by atoms with van der Waals surface area (Å²) in [4.78, 5) is 16.4. The molecule has 0 radical (unpaired) electrons. The van der Waals surface area contributed by atoms with Gasteiger partial charge in [-0.3, -0.25) is 0 Å². The summed E-state index contributed by atoms with van der Waals surface area (Å²) < 4.78 is 0. The number of pyridine rings is 1. The fraction of sp³-hybridized carbons (Fsp3) is 0.208. The Morgan fingerprint density at radius 1 is 1.03 bits per heavy atom. The van der Waals surface area contributed by atoms with Crippen molar-refractivity contribution in [2.24, 2.45) is 0 Å². The van der Waals surface area contributed by atoms with Crippen LogP contribution in [0.3, 0.4) is 0 Å².